The number of amides is 1. The largest absolute Gasteiger partial charge is 0.494 e. The van der Waals surface area contributed by atoms with Crippen molar-refractivity contribution in [3.05, 3.63) is 76.2 Å². The number of carbonyl (C=O) groups excluding carboxylic acids is 2. The molecule has 0 spiro atoms. The van der Waals surface area contributed by atoms with Crippen molar-refractivity contribution in [2.45, 2.75) is 20.3 Å². The van der Waals surface area contributed by atoms with Gasteiger partial charge in [0.2, 0.25) is 0 Å². The highest BCUT2D eigenvalue weighted by Gasteiger charge is 2.13. The molecular formula is C24H23NO6. The molecule has 1 heterocycles. The second-order valence-corrected chi connectivity index (χ2v) is 6.68. The van der Waals surface area contributed by atoms with E-state index in [1.165, 1.54) is 18.2 Å². The molecule has 2 aromatic carbocycles. The summed E-state index contributed by atoms with van der Waals surface area (Å²) >= 11 is 0. The van der Waals surface area contributed by atoms with Gasteiger partial charge in [-0.05, 0) is 55.3 Å². The maximum absolute atomic E-state index is 12.1. The number of hydrogen-bond acceptors (Lipinski definition) is 6. The first-order valence-electron chi connectivity index (χ1n) is 9.99. The summed E-state index contributed by atoms with van der Waals surface area (Å²) in [5.74, 6) is -0.0790. The molecule has 0 atom stereocenters. The van der Waals surface area contributed by atoms with Crippen LogP contribution in [0.4, 0.5) is 0 Å². The highest BCUT2D eigenvalue weighted by atomic mass is 16.5. The van der Waals surface area contributed by atoms with Crippen LogP contribution in [0.1, 0.15) is 36.2 Å². The molecule has 7 nitrogen and oxygen atoms in total. The van der Waals surface area contributed by atoms with E-state index in [2.05, 4.69) is 5.32 Å². The van der Waals surface area contributed by atoms with E-state index in [1.807, 2.05) is 31.2 Å². The Hall–Kier alpha value is -3.87. The summed E-state index contributed by atoms with van der Waals surface area (Å²) in [6.45, 7) is 4.85. The molecule has 0 saturated carbocycles. The van der Waals surface area contributed by atoms with Gasteiger partial charge >= 0.3 is 11.6 Å². The van der Waals surface area contributed by atoms with Crippen LogP contribution in [-0.4, -0.2) is 25.0 Å². The summed E-state index contributed by atoms with van der Waals surface area (Å²) < 4.78 is 16.0. The Balaban J connectivity index is 1.68. The number of rotatable bonds is 8. The zero-order chi connectivity index (χ0) is 22.2. The van der Waals surface area contributed by atoms with Crippen molar-refractivity contribution >= 4 is 28.9 Å². The molecule has 1 N–H and O–H groups in total. The van der Waals surface area contributed by atoms with Gasteiger partial charge in [0, 0.05) is 24.1 Å². The second kappa shape index (κ2) is 10.2. The SMILES string of the molecule is CCCOc1ccc(/C=C/C(=O)Oc2ccc3cc(C(=O)NCC)c(=O)oc3c2)cc1. The topological polar surface area (TPSA) is 94.8 Å². The van der Waals surface area contributed by atoms with Gasteiger partial charge < -0.3 is 19.2 Å². The third-order valence-electron chi connectivity index (χ3n) is 4.27. The number of hydrogen-bond donors (Lipinski definition) is 1. The number of fused-ring (bicyclic) bond motifs is 1. The van der Waals surface area contributed by atoms with Crippen molar-refractivity contribution < 1.29 is 23.5 Å². The van der Waals surface area contributed by atoms with Gasteiger partial charge in [0.1, 0.15) is 22.6 Å². The molecule has 0 aliphatic rings. The summed E-state index contributed by atoms with van der Waals surface area (Å²) in [7, 11) is 0. The molecule has 0 fully saturated rings. The Bertz CT molecular complexity index is 1160. The van der Waals surface area contributed by atoms with Crippen LogP contribution in [-0.2, 0) is 4.79 Å². The van der Waals surface area contributed by atoms with E-state index in [0.29, 0.717) is 18.5 Å². The van der Waals surface area contributed by atoms with Crippen molar-refractivity contribution in [2.24, 2.45) is 0 Å². The normalized spacial score (nSPS) is 10.9. The average Bonchev–Trinajstić information content (AvgIpc) is 2.76. The monoisotopic (exact) mass is 421 g/mol. The van der Waals surface area contributed by atoms with Crippen LogP contribution in [0.3, 0.4) is 0 Å². The number of nitrogens with one attached hydrogen (secondary N) is 1. The third-order valence-corrected chi connectivity index (χ3v) is 4.27. The zero-order valence-electron chi connectivity index (χ0n) is 17.3. The Kier molecular flexibility index (Phi) is 7.22. The lowest BCUT2D eigenvalue weighted by atomic mass is 10.1. The smallest absolute Gasteiger partial charge is 0.349 e. The van der Waals surface area contributed by atoms with Crippen LogP contribution >= 0.6 is 0 Å². The predicted octanol–water partition coefficient (Wildman–Crippen LogP) is 3.95. The Morgan fingerprint density at radius 1 is 1.03 bits per heavy atom. The molecule has 0 bridgehead atoms. The van der Waals surface area contributed by atoms with Crippen molar-refractivity contribution in [3.63, 3.8) is 0 Å². The van der Waals surface area contributed by atoms with Crippen LogP contribution in [0.15, 0.2) is 63.8 Å². The fourth-order valence-corrected chi connectivity index (χ4v) is 2.78. The van der Waals surface area contributed by atoms with Crippen molar-refractivity contribution in [1.82, 2.24) is 5.32 Å². The summed E-state index contributed by atoms with van der Waals surface area (Å²) in [4.78, 5) is 36.1. The Morgan fingerprint density at radius 3 is 2.48 bits per heavy atom. The summed E-state index contributed by atoms with van der Waals surface area (Å²) in [6.07, 6.45) is 3.87. The minimum absolute atomic E-state index is 0.0758. The molecular weight excluding hydrogens is 398 g/mol. The Labute approximate surface area is 179 Å². The van der Waals surface area contributed by atoms with E-state index >= 15 is 0 Å². The van der Waals surface area contributed by atoms with Crippen LogP contribution in [0.25, 0.3) is 17.0 Å². The van der Waals surface area contributed by atoms with Crippen molar-refractivity contribution in [1.29, 1.82) is 0 Å². The van der Waals surface area contributed by atoms with Gasteiger partial charge in [-0.2, -0.15) is 0 Å². The van der Waals surface area contributed by atoms with Gasteiger partial charge in [-0.1, -0.05) is 19.1 Å². The molecule has 31 heavy (non-hydrogen) atoms. The van der Waals surface area contributed by atoms with E-state index in [-0.39, 0.29) is 16.9 Å². The lowest BCUT2D eigenvalue weighted by molar-refractivity contribution is -0.128. The molecule has 0 saturated heterocycles. The summed E-state index contributed by atoms with van der Waals surface area (Å²) in [5.41, 5.74) is 0.208. The van der Waals surface area contributed by atoms with E-state index in [0.717, 1.165) is 17.7 Å². The first-order chi connectivity index (χ1) is 15.0. The fourth-order valence-electron chi connectivity index (χ4n) is 2.78. The summed E-state index contributed by atoms with van der Waals surface area (Å²) in [6, 6.07) is 13.4. The van der Waals surface area contributed by atoms with Gasteiger partial charge in [0.25, 0.3) is 5.91 Å². The lowest BCUT2D eigenvalue weighted by Gasteiger charge is -2.05. The molecule has 7 heteroatoms. The molecule has 3 rings (SSSR count). The van der Waals surface area contributed by atoms with E-state index in [4.69, 9.17) is 13.9 Å². The minimum Gasteiger partial charge on any atom is -0.494 e. The van der Waals surface area contributed by atoms with Gasteiger partial charge in [-0.25, -0.2) is 9.59 Å². The maximum atomic E-state index is 12.1. The third kappa shape index (κ3) is 5.82. The zero-order valence-corrected chi connectivity index (χ0v) is 17.3. The second-order valence-electron chi connectivity index (χ2n) is 6.68. The maximum Gasteiger partial charge on any atom is 0.349 e. The quantitative estimate of drug-likeness (QED) is 0.256. The summed E-state index contributed by atoms with van der Waals surface area (Å²) in [5, 5.41) is 3.10. The van der Waals surface area contributed by atoms with Gasteiger partial charge in [-0.3, -0.25) is 4.79 Å². The molecule has 0 aliphatic heterocycles. The van der Waals surface area contributed by atoms with Gasteiger partial charge in [0.15, 0.2) is 0 Å². The predicted molar refractivity (Wildman–Crippen MR) is 117 cm³/mol. The average molecular weight is 421 g/mol. The molecule has 0 unspecified atom stereocenters. The Morgan fingerprint density at radius 2 is 1.77 bits per heavy atom. The standard InChI is InChI=1S/C24H23NO6/c1-3-13-29-18-9-5-16(6-10-18)7-12-22(26)30-19-11-8-17-14-20(23(27)25-4-2)24(28)31-21(17)15-19/h5-12,14-15H,3-4,13H2,1-2H3,(H,25,27)/b12-7+. The number of benzene rings is 2. The molecule has 0 radical (unpaired) electrons. The highest BCUT2D eigenvalue weighted by Crippen LogP contribution is 2.21. The molecule has 3 aromatic rings. The molecule has 160 valence electrons. The van der Waals surface area contributed by atoms with Gasteiger partial charge in [-0.15, -0.1) is 0 Å². The first kappa shape index (κ1) is 21.8. The van der Waals surface area contributed by atoms with Crippen LogP contribution < -0.4 is 20.4 Å². The van der Waals surface area contributed by atoms with Crippen molar-refractivity contribution in [3.8, 4) is 11.5 Å². The van der Waals surface area contributed by atoms with E-state index in [9.17, 15) is 14.4 Å². The molecule has 1 amide bonds. The van der Waals surface area contributed by atoms with Crippen molar-refractivity contribution in [2.75, 3.05) is 13.2 Å². The molecule has 0 aliphatic carbocycles. The first-order valence-corrected chi connectivity index (χ1v) is 9.99. The van der Waals surface area contributed by atoms with Crippen LogP contribution in [0.2, 0.25) is 0 Å². The number of carbonyl (C=O) groups is 2. The van der Waals surface area contributed by atoms with Crippen LogP contribution in [0, 0.1) is 0 Å². The van der Waals surface area contributed by atoms with E-state index in [1.54, 1.807) is 25.1 Å². The number of ether oxygens (including phenoxy) is 2. The lowest BCUT2D eigenvalue weighted by Crippen LogP contribution is -2.27. The molecule has 1 aromatic heterocycles. The minimum atomic E-state index is -0.756. The fraction of sp³-hybridized carbons (Fsp3) is 0.208. The highest BCUT2D eigenvalue weighted by molar-refractivity contribution is 5.97. The van der Waals surface area contributed by atoms with Crippen LogP contribution in [0.5, 0.6) is 11.5 Å². The number of esters is 1. The van der Waals surface area contributed by atoms with Gasteiger partial charge in [0.05, 0.1) is 6.61 Å². The van der Waals surface area contributed by atoms with E-state index < -0.39 is 17.5 Å².